The Morgan fingerprint density at radius 2 is 2.11 bits per heavy atom. The molecule has 0 radical (unpaired) electrons. The second-order valence-corrected chi connectivity index (χ2v) is 4.65. The summed E-state index contributed by atoms with van der Waals surface area (Å²) >= 11 is 0. The van der Waals surface area contributed by atoms with Crippen LogP contribution in [0.2, 0.25) is 0 Å². The Morgan fingerprint density at radius 3 is 2.72 bits per heavy atom. The molecule has 1 fully saturated rings. The van der Waals surface area contributed by atoms with E-state index in [2.05, 4.69) is 4.74 Å². The van der Waals surface area contributed by atoms with Crippen molar-refractivity contribution < 1.29 is 19.4 Å². The van der Waals surface area contributed by atoms with E-state index in [-0.39, 0.29) is 6.61 Å². The summed E-state index contributed by atoms with van der Waals surface area (Å²) in [4.78, 5) is 23.1. The highest BCUT2D eigenvalue weighted by Gasteiger charge is 2.40. The molecule has 1 aromatic carbocycles. The maximum atomic E-state index is 11.7. The predicted octanol–water partition coefficient (Wildman–Crippen LogP) is 1.50. The molecule has 2 rings (SSSR count). The minimum Gasteiger partial charge on any atom is -0.460 e. The van der Waals surface area contributed by atoms with Crippen LogP contribution in [0.5, 0.6) is 0 Å². The summed E-state index contributed by atoms with van der Waals surface area (Å²) < 4.78 is 4.67. The van der Waals surface area contributed by atoms with Gasteiger partial charge in [0, 0.05) is 12.0 Å². The highest BCUT2D eigenvalue weighted by molar-refractivity contribution is 6.40. The molecule has 0 bridgehead atoms. The molecule has 0 aromatic heterocycles. The van der Waals surface area contributed by atoms with E-state index < -0.39 is 17.4 Å². The van der Waals surface area contributed by atoms with Crippen LogP contribution in [0.25, 0.3) is 0 Å². The number of hydrogen-bond donors (Lipinski definition) is 1. The zero-order valence-electron chi connectivity index (χ0n) is 10.3. The number of Topliss-reactive ketones (excluding diaryl/α,β-unsaturated/α-hetero) is 1. The summed E-state index contributed by atoms with van der Waals surface area (Å²) in [7, 11) is 0. The number of ether oxygens (including phenoxy) is 1. The smallest absolute Gasteiger partial charge is 0.379 e. The first-order valence-corrected chi connectivity index (χ1v) is 6.07. The van der Waals surface area contributed by atoms with Gasteiger partial charge in [0.25, 0.3) is 5.78 Å². The lowest BCUT2D eigenvalue weighted by Gasteiger charge is -2.08. The highest BCUT2D eigenvalue weighted by Crippen LogP contribution is 2.38. The lowest BCUT2D eigenvalue weighted by molar-refractivity contribution is -0.137. The van der Waals surface area contributed by atoms with Crippen molar-refractivity contribution in [1.29, 1.82) is 0 Å². The first-order chi connectivity index (χ1) is 8.54. The average molecular weight is 248 g/mol. The van der Waals surface area contributed by atoms with Crippen molar-refractivity contribution >= 4 is 11.8 Å². The second-order valence-electron chi connectivity index (χ2n) is 4.65. The van der Waals surface area contributed by atoms with Gasteiger partial charge in [-0.1, -0.05) is 18.2 Å². The lowest BCUT2D eigenvalue weighted by atomic mass is 10.0. The van der Waals surface area contributed by atoms with Crippen molar-refractivity contribution in [1.82, 2.24) is 0 Å². The Kier molecular flexibility index (Phi) is 3.48. The summed E-state index contributed by atoms with van der Waals surface area (Å²) in [5.41, 5.74) is 0.575. The fourth-order valence-electron chi connectivity index (χ4n) is 1.84. The quantitative estimate of drug-likeness (QED) is 0.487. The summed E-state index contributed by atoms with van der Waals surface area (Å²) in [5.74, 6) is -1.47. The van der Waals surface area contributed by atoms with Crippen molar-refractivity contribution in [2.75, 3.05) is 6.61 Å². The van der Waals surface area contributed by atoms with Crippen molar-refractivity contribution in [3.05, 3.63) is 35.4 Å². The number of hydrogen-bond acceptors (Lipinski definition) is 4. The molecule has 0 unspecified atom stereocenters. The molecule has 1 aliphatic carbocycles. The van der Waals surface area contributed by atoms with E-state index in [9.17, 15) is 14.7 Å². The molecule has 4 heteroatoms. The Morgan fingerprint density at radius 1 is 1.39 bits per heavy atom. The third-order valence-corrected chi connectivity index (χ3v) is 3.01. The van der Waals surface area contributed by atoms with Crippen LogP contribution in [0.3, 0.4) is 0 Å². The number of aliphatic hydroxyl groups is 1. The molecule has 4 nitrogen and oxygen atoms in total. The molecule has 0 atom stereocenters. The van der Waals surface area contributed by atoms with Crippen molar-refractivity contribution in [3.63, 3.8) is 0 Å². The Bertz CT molecular complexity index is 474. The van der Waals surface area contributed by atoms with Crippen LogP contribution in [0.1, 0.15) is 35.7 Å². The Labute approximate surface area is 106 Å². The number of carbonyl (C=O) groups excluding carboxylic acids is 2. The third-order valence-electron chi connectivity index (χ3n) is 3.01. The third kappa shape index (κ3) is 2.96. The van der Waals surface area contributed by atoms with Crippen LogP contribution < -0.4 is 0 Å². The standard InChI is InChI=1S/C14H16O4/c1-2-18-13(16)12(15)11-5-3-4-10(8-11)9-14(17)6-7-14/h3-5,8,17H,2,6-7,9H2,1H3. The fourth-order valence-corrected chi connectivity index (χ4v) is 1.84. The lowest BCUT2D eigenvalue weighted by Crippen LogP contribution is -2.18. The molecule has 96 valence electrons. The molecular formula is C14H16O4. The molecule has 0 heterocycles. The van der Waals surface area contributed by atoms with E-state index in [4.69, 9.17) is 0 Å². The predicted molar refractivity (Wildman–Crippen MR) is 65.3 cm³/mol. The number of rotatable bonds is 5. The zero-order chi connectivity index (χ0) is 13.2. The average Bonchev–Trinajstić information content (AvgIpc) is 3.06. The van der Waals surface area contributed by atoms with Crippen LogP contribution in [0.15, 0.2) is 24.3 Å². The van der Waals surface area contributed by atoms with E-state index in [0.29, 0.717) is 12.0 Å². The van der Waals surface area contributed by atoms with E-state index in [1.165, 1.54) is 0 Å². The SMILES string of the molecule is CCOC(=O)C(=O)c1cccc(CC2(O)CC2)c1. The van der Waals surface area contributed by atoms with Gasteiger partial charge in [0.05, 0.1) is 12.2 Å². The molecule has 1 N–H and O–H groups in total. The summed E-state index contributed by atoms with van der Waals surface area (Å²) in [6.45, 7) is 1.84. The van der Waals surface area contributed by atoms with E-state index in [1.54, 1.807) is 25.1 Å². The van der Waals surface area contributed by atoms with Gasteiger partial charge in [0.15, 0.2) is 0 Å². The maximum Gasteiger partial charge on any atom is 0.379 e. The van der Waals surface area contributed by atoms with Crippen LogP contribution in [-0.2, 0) is 16.0 Å². The first-order valence-electron chi connectivity index (χ1n) is 6.07. The summed E-state index contributed by atoms with van der Waals surface area (Å²) in [6, 6.07) is 6.79. The molecule has 0 saturated heterocycles. The van der Waals surface area contributed by atoms with Crippen LogP contribution in [0.4, 0.5) is 0 Å². The molecule has 0 aliphatic heterocycles. The van der Waals surface area contributed by atoms with Crippen LogP contribution in [-0.4, -0.2) is 29.1 Å². The van der Waals surface area contributed by atoms with Gasteiger partial charge < -0.3 is 9.84 Å². The second kappa shape index (κ2) is 4.90. The van der Waals surface area contributed by atoms with Gasteiger partial charge in [0.2, 0.25) is 0 Å². The van der Waals surface area contributed by atoms with Gasteiger partial charge in [-0.25, -0.2) is 4.79 Å². The first kappa shape index (κ1) is 12.8. The van der Waals surface area contributed by atoms with E-state index in [1.807, 2.05) is 6.07 Å². The van der Waals surface area contributed by atoms with E-state index >= 15 is 0 Å². The number of carbonyl (C=O) groups is 2. The van der Waals surface area contributed by atoms with Gasteiger partial charge >= 0.3 is 5.97 Å². The summed E-state index contributed by atoms with van der Waals surface area (Å²) in [6.07, 6.45) is 2.11. The normalized spacial score (nSPS) is 16.1. The zero-order valence-corrected chi connectivity index (χ0v) is 10.3. The molecule has 1 aromatic rings. The topological polar surface area (TPSA) is 63.6 Å². The fraction of sp³-hybridized carbons (Fsp3) is 0.429. The van der Waals surface area contributed by atoms with Crippen LogP contribution in [0, 0.1) is 0 Å². The van der Waals surface area contributed by atoms with Crippen molar-refractivity contribution in [3.8, 4) is 0 Å². The Hall–Kier alpha value is -1.68. The van der Waals surface area contributed by atoms with Crippen LogP contribution >= 0.6 is 0 Å². The number of benzene rings is 1. The minimum absolute atomic E-state index is 0.185. The van der Waals surface area contributed by atoms with Gasteiger partial charge in [-0.15, -0.1) is 0 Å². The van der Waals surface area contributed by atoms with Gasteiger partial charge in [-0.3, -0.25) is 4.79 Å². The van der Waals surface area contributed by atoms with E-state index in [0.717, 1.165) is 18.4 Å². The summed E-state index contributed by atoms with van der Waals surface area (Å²) in [5, 5.41) is 9.83. The molecule has 18 heavy (non-hydrogen) atoms. The van der Waals surface area contributed by atoms with Crippen molar-refractivity contribution in [2.45, 2.75) is 31.8 Å². The Balaban J connectivity index is 2.11. The van der Waals surface area contributed by atoms with Gasteiger partial charge in [0.1, 0.15) is 0 Å². The highest BCUT2D eigenvalue weighted by atomic mass is 16.5. The molecule has 1 saturated carbocycles. The molecular weight excluding hydrogens is 232 g/mol. The number of ketones is 1. The molecule has 0 amide bonds. The largest absolute Gasteiger partial charge is 0.460 e. The van der Waals surface area contributed by atoms with Gasteiger partial charge in [-0.2, -0.15) is 0 Å². The molecule has 1 aliphatic rings. The number of esters is 1. The minimum atomic E-state index is -0.834. The van der Waals surface area contributed by atoms with Gasteiger partial charge in [-0.05, 0) is 31.4 Å². The monoisotopic (exact) mass is 248 g/mol. The van der Waals surface area contributed by atoms with Crippen molar-refractivity contribution in [2.24, 2.45) is 0 Å². The molecule has 0 spiro atoms. The maximum absolute atomic E-state index is 11.7.